The van der Waals surface area contributed by atoms with Crippen LogP contribution >= 0.6 is 38.9 Å². The predicted molar refractivity (Wildman–Crippen MR) is 69.9 cm³/mol. The molecule has 0 aliphatic rings. The average Bonchev–Trinajstić information content (AvgIpc) is 2.70. The summed E-state index contributed by atoms with van der Waals surface area (Å²) in [6, 6.07) is 1.79. The van der Waals surface area contributed by atoms with E-state index in [-0.39, 0.29) is 12.3 Å². The Hall–Kier alpha value is -0.980. The first-order valence-electron chi connectivity index (χ1n) is 4.56. The number of aromatic nitrogens is 2. The van der Waals surface area contributed by atoms with Crippen molar-refractivity contribution in [2.75, 3.05) is 0 Å². The minimum absolute atomic E-state index is 0.0640. The van der Waals surface area contributed by atoms with Crippen molar-refractivity contribution in [1.29, 1.82) is 0 Å². The van der Waals surface area contributed by atoms with E-state index in [1.807, 2.05) is 0 Å². The number of thiophene rings is 1. The second-order valence-corrected chi connectivity index (χ2v) is 5.41. The third kappa shape index (κ3) is 2.83. The molecule has 0 atom stereocenters. The number of rotatable bonds is 3. The van der Waals surface area contributed by atoms with Crippen LogP contribution in [-0.4, -0.2) is 15.3 Å². The van der Waals surface area contributed by atoms with Gasteiger partial charge in [0.05, 0.1) is 22.6 Å². The topological polar surface area (TPSA) is 52.0 Å². The molecule has 0 saturated heterocycles. The van der Waals surface area contributed by atoms with E-state index in [0.29, 0.717) is 9.90 Å². The van der Waals surface area contributed by atoms with E-state index in [9.17, 15) is 9.59 Å². The van der Waals surface area contributed by atoms with Crippen molar-refractivity contribution in [3.63, 3.8) is 0 Å². The highest BCUT2D eigenvalue weighted by Gasteiger charge is 2.13. The minimum atomic E-state index is -0.490. The van der Waals surface area contributed by atoms with Crippen LogP contribution in [0.3, 0.4) is 0 Å². The standard InChI is InChI=1S/C10H6BrClN2O2S/c11-7-1-2-17-9(7)8(15)5-14-4-6(12)3-13-10(14)16/h1-4H,5H2. The van der Waals surface area contributed by atoms with Crippen LogP contribution in [0.2, 0.25) is 5.02 Å². The summed E-state index contributed by atoms with van der Waals surface area (Å²) >= 11 is 10.3. The second-order valence-electron chi connectivity index (χ2n) is 3.20. The molecule has 0 bridgehead atoms. The second kappa shape index (κ2) is 5.12. The van der Waals surface area contributed by atoms with Gasteiger partial charge in [0, 0.05) is 10.7 Å². The van der Waals surface area contributed by atoms with E-state index in [1.54, 1.807) is 11.4 Å². The molecule has 2 aromatic heterocycles. The monoisotopic (exact) mass is 332 g/mol. The quantitative estimate of drug-likeness (QED) is 0.811. The number of carbonyl (C=O) groups is 1. The van der Waals surface area contributed by atoms with Crippen molar-refractivity contribution in [3.8, 4) is 0 Å². The molecule has 0 unspecified atom stereocenters. The van der Waals surface area contributed by atoms with Crippen molar-refractivity contribution >= 4 is 44.7 Å². The zero-order chi connectivity index (χ0) is 12.4. The fraction of sp³-hybridized carbons (Fsp3) is 0.100. The van der Waals surface area contributed by atoms with Gasteiger partial charge in [-0.15, -0.1) is 11.3 Å². The van der Waals surface area contributed by atoms with Gasteiger partial charge in [-0.2, -0.15) is 0 Å². The van der Waals surface area contributed by atoms with Crippen molar-refractivity contribution in [1.82, 2.24) is 9.55 Å². The molecule has 0 aliphatic carbocycles. The molecule has 7 heteroatoms. The van der Waals surface area contributed by atoms with Crippen molar-refractivity contribution in [2.45, 2.75) is 6.54 Å². The summed E-state index contributed by atoms with van der Waals surface area (Å²) in [6.45, 7) is -0.0640. The number of carbonyl (C=O) groups excluding carboxylic acids is 1. The van der Waals surface area contributed by atoms with Gasteiger partial charge >= 0.3 is 5.69 Å². The molecular weight excluding hydrogens is 328 g/mol. The highest BCUT2D eigenvalue weighted by molar-refractivity contribution is 9.10. The van der Waals surface area contributed by atoms with Gasteiger partial charge < -0.3 is 0 Å². The highest BCUT2D eigenvalue weighted by Crippen LogP contribution is 2.23. The molecule has 2 rings (SSSR count). The van der Waals surface area contributed by atoms with Gasteiger partial charge in [0.1, 0.15) is 0 Å². The van der Waals surface area contributed by atoms with Gasteiger partial charge in [-0.3, -0.25) is 9.36 Å². The first-order valence-corrected chi connectivity index (χ1v) is 6.61. The first kappa shape index (κ1) is 12.5. The Labute approximate surface area is 114 Å². The zero-order valence-corrected chi connectivity index (χ0v) is 11.6. The van der Waals surface area contributed by atoms with Gasteiger partial charge in [-0.25, -0.2) is 9.78 Å². The fourth-order valence-electron chi connectivity index (χ4n) is 1.26. The van der Waals surface area contributed by atoms with Crippen molar-refractivity contribution in [3.05, 3.63) is 48.7 Å². The number of ketones is 1. The van der Waals surface area contributed by atoms with Crippen molar-refractivity contribution < 1.29 is 4.79 Å². The molecule has 2 heterocycles. The van der Waals surface area contributed by atoms with Crippen LogP contribution in [-0.2, 0) is 6.54 Å². The lowest BCUT2D eigenvalue weighted by Gasteiger charge is -2.03. The predicted octanol–water partition coefficient (Wildman–Crippen LogP) is 2.60. The van der Waals surface area contributed by atoms with Crippen LogP contribution in [0.1, 0.15) is 9.67 Å². The number of nitrogens with zero attached hydrogens (tertiary/aromatic N) is 2. The van der Waals surface area contributed by atoms with E-state index in [1.165, 1.54) is 28.3 Å². The SMILES string of the molecule is O=C(Cn1cc(Cl)cnc1=O)c1sccc1Br. The molecule has 0 radical (unpaired) electrons. The van der Waals surface area contributed by atoms with E-state index in [4.69, 9.17) is 11.6 Å². The van der Waals surface area contributed by atoms with Crippen LogP contribution < -0.4 is 5.69 Å². The number of Topliss-reactive ketones (excluding diaryl/α,β-unsaturated/α-hetero) is 1. The normalized spacial score (nSPS) is 10.5. The molecule has 4 nitrogen and oxygen atoms in total. The largest absolute Gasteiger partial charge is 0.348 e. The Morgan fingerprint density at radius 3 is 3.00 bits per heavy atom. The van der Waals surface area contributed by atoms with E-state index < -0.39 is 5.69 Å². The van der Waals surface area contributed by atoms with Gasteiger partial charge in [0.2, 0.25) is 0 Å². The van der Waals surface area contributed by atoms with Crippen LogP contribution in [0, 0.1) is 0 Å². The Balaban J connectivity index is 2.28. The van der Waals surface area contributed by atoms with E-state index in [2.05, 4.69) is 20.9 Å². The number of hydrogen-bond acceptors (Lipinski definition) is 4. The molecule has 0 fully saturated rings. The summed E-state index contributed by atoms with van der Waals surface area (Å²) in [4.78, 5) is 27.4. The molecule has 0 aromatic carbocycles. The summed E-state index contributed by atoms with van der Waals surface area (Å²) < 4.78 is 1.92. The molecule has 0 N–H and O–H groups in total. The maximum absolute atomic E-state index is 11.9. The molecule has 0 amide bonds. The molecule has 0 aliphatic heterocycles. The Bertz CT molecular complexity index is 623. The highest BCUT2D eigenvalue weighted by atomic mass is 79.9. The lowest BCUT2D eigenvalue weighted by atomic mass is 10.3. The Morgan fingerprint density at radius 2 is 2.35 bits per heavy atom. The summed E-state index contributed by atoms with van der Waals surface area (Å²) in [6.07, 6.45) is 2.65. The summed E-state index contributed by atoms with van der Waals surface area (Å²) in [5.74, 6) is -0.155. The van der Waals surface area contributed by atoms with E-state index >= 15 is 0 Å². The smallest absolute Gasteiger partial charge is 0.291 e. The number of hydrogen-bond donors (Lipinski definition) is 0. The van der Waals surface area contributed by atoms with Crippen LogP contribution in [0.5, 0.6) is 0 Å². The minimum Gasteiger partial charge on any atom is -0.291 e. The lowest BCUT2D eigenvalue weighted by molar-refractivity contribution is 0.0973. The van der Waals surface area contributed by atoms with E-state index in [0.717, 1.165) is 4.47 Å². The molecular formula is C10H6BrClN2O2S. The fourth-order valence-corrected chi connectivity index (χ4v) is 2.95. The van der Waals surface area contributed by atoms with Gasteiger partial charge in [0.15, 0.2) is 5.78 Å². The molecule has 2 aromatic rings. The summed E-state index contributed by atoms with van der Waals surface area (Å²) in [7, 11) is 0. The third-order valence-electron chi connectivity index (χ3n) is 2.01. The maximum Gasteiger partial charge on any atom is 0.348 e. The Kier molecular flexibility index (Phi) is 3.76. The van der Waals surface area contributed by atoms with Gasteiger partial charge in [-0.1, -0.05) is 11.6 Å². The van der Waals surface area contributed by atoms with Crippen molar-refractivity contribution in [2.24, 2.45) is 0 Å². The lowest BCUT2D eigenvalue weighted by Crippen LogP contribution is -2.25. The molecule has 0 spiro atoms. The van der Waals surface area contributed by atoms with Crippen LogP contribution in [0.25, 0.3) is 0 Å². The van der Waals surface area contributed by atoms with Gasteiger partial charge in [-0.05, 0) is 27.4 Å². The third-order valence-corrected chi connectivity index (χ3v) is 4.08. The first-order chi connectivity index (χ1) is 8.08. The summed E-state index contributed by atoms with van der Waals surface area (Å²) in [5.41, 5.74) is -0.490. The molecule has 88 valence electrons. The average molecular weight is 334 g/mol. The molecule has 0 saturated carbocycles. The van der Waals surface area contributed by atoms with Crippen LogP contribution in [0.15, 0.2) is 33.1 Å². The maximum atomic E-state index is 11.9. The number of halogens is 2. The zero-order valence-electron chi connectivity index (χ0n) is 8.39. The Morgan fingerprint density at radius 1 is 1.59 bits per heavy atom. The molecule has 17 heavy (non-hydrogen) atoms. The van der Waals surface area contributed by atoms with Gasteiger partial charge in [0.25, 0.3) is 0 Å². The summed E-state index contributed by atoms with van der Waals surface area (Å²) in [5, 5.41) is 2.12. The van der Waals surface area contributed by atoms with Crippen LogP contribution in [0.4, 0.5) is 0 Å².